The summed E-state index contributed by atoms with van der Waals surface area (Å²) in [6.07, 6.45) is 2.82. The van der Waals surface area contributed by atoms with Crippen LogP contribution in [0.4, 0.5) is 11.4 Å². The molecule has 0 fully saturated rings. The number of thiophene rings is 1. The number of fused-ring (bicyclic) bond motifs is 2. The Balaban J connectivity index is 1.88. The number of hydrogen-bond acceptors (Lipinski definition) is 4. The van der Waals surface area contributed by atoms with Crippen molar-refractivity contribution in [1.82, 2.24) is 0 Å². The van der Waals surface area contributed by atoms with Crippen LogP contribution in [0, 0.1) is 11.3 Å². The van der Waals surface area contributed by atoms with Crippen LogP contribution in [0.25, 0.3) is 0 Å². The second-order valence-electron chi connectivity index (χ2n) is 7.06. The summed E-state index contributed by atoms with van der Waals surface area (Å²) in [7, 11) is 0. The minimum Gasteiger partial charge on any atom is -0.375 e. The number of anilines is 2. The fourth-order valence-electron chi connectivity index (χ4n) is 3.63. The summed E-state index contributed by atoms with van der Waals surface area (Å²) in [5.41, 5.74) is 4.18. The molecular weight excluding hydrogens is 304 g/mol. The van der Waals surface area contributed by atoms with Crippen LogP contribution >= 0.6 is 11.3 Å². The van der Waals surface area contributed by atoms with Gasteiger partial charge in [0, 0.05) is 12.1 Å². The van der Waals surface area contributed by atoms with Gasteiger partial charge < -0.3 is 10.6 Å². The van der Waals surface area contributed by atoms with Gasteiger partial charge in [0.1, 0.15) is 5.78 Å². The van der Waals surface area contributed by atoms with Gasteiger partial charge in [-0.3, -0.25) is 4.79 Å². The van der Waals surface area contributed by atoms with Gasteiger partial charge in [-0.25, -0.2) is 0 Å². The van der Waals surface area contributed by atoms with Crippen molar-refractivity contribution >= 4 is 28.5 Å². The van der Waals surface area contributed by atoms with Crippen LogP contribution < -0.4 is 10.6 Å². The first-order valence-corrected chi connectivity index (χ1v) is 8.88. The Bertz CT molecular complexity index is 776. The SMILES string of the molecule is CC1(C)C=C2Nc3ccccc3NC(c3ccsc3)C2C(=O)C1. The van der Waals surface area contributed by atoms with Gasteiger partial charge in [0.05, 0.1) is 23.3 Å². The number of Topliss-reactive ketones (excluding diaryl/α,β-unsaturated/α-hetero) is 1. The van der Waals surface area contributed by atoms with Crippen LogP contribution in [0.3, 0.4) is 0 Å². The molecule has 2 heterocycles. The Labute approximate surface area is 140 Å². The summed E-state index contributed by atoms with van der Waals surface area (Å²) in [4.78, 5) is 12.9. The maximum absolute atomic E-state index is 12.9. The van der Waals surface area contributed by atoms with Gasteiger partial charge >= 0.3 is 0 Å². The number of nitrogens with one attached hydrogen (secondary N) is 2. The Morgan fingerprint density at radius 1 is 1.17 bits per heavy atom. The lowest BCUT2D eigenvalue weighted by molar-refractivity contribution is -0.124. The molecule has 23 heavy (non-hydrogen) atoms. The van der Waals surface area contributed by atoms with Crippen LogP contribution in [-0.2, 0) is 4.79 Å². The van der Waals surface area contributed by atoms with Crippen molar-refractivity contribution in [3.63, 3.8) is 0 Å². The third-order valence-electron chi connectivity index (χ3n) is 4.61. The van der Waals surface area contributed by atoms with Crippen LogP contribution in [0.2, 0.25) is 0 Å². The van der Waals surface area contributed by atoms with Crippen molar-refractivity contribution < 1.29 is 4.79 Å². The van der Waals surface area contributed by atoms with E-state index in [0.29, 0.717) is 12.2 Å². The molecule has 1 aliphatic heterocycles. The Morgan fingerprint density at radius 3 is 2.70 bits per heavy atom. The quantitative estimate of drug-likeness (QED) is 0.789. The van der Waals surface area contributed by atoms with Crippen molar-refractivity contribution in [2.45, 2.75) is 26.3 Å². The Kier molecular flexibility index (Phi) is 3.31. The molecule has 1 aliphatic carbocycles. The molecule has 2 aromatic rings. The van der Waals surface area contributed by atoms with E-state index in [2.05, 4.69) is 59.5 Å². The van der Waals surface area contributed by atoms with Gasteiger partial charge in [0.25, 0.3) is 0 Å². The predicted octanol–water partition coefficient (Wildman–Crippen LogP) is 4.83. The fraction of sp³-hybridized carbons (Fsp3) is 0.316. The standard InChI is InChI=1S/C19H20N2OS/c1-19(2)9-15-17(16(22)10-19)18(12-7-8-23-11-12)21-14-6-4-3-5-13(14)20-15/h3-9,11,17-18,20-21H,10H2,1-2H3. The third-order valence-corrected chi connectivity index (χ3v) is 5.31. The molecule has 3 nitrogen and oxygen atoms in total. The highest BCUT2D eigenvalue weighted by Gasteiger charge is 2.41. The monoisotopic (exact) mass is 324 g/mol. The molecule has 0 bridgehead atoms. The van der Waals surface area contributed by atoms with E-state index >= 15 is 0 Å². The van der Waals surface area contributed by atoms with Crippen molar-refractivity contribution in [3.05, 3.63) is 58.4 Å². The molecule has 1 aromatic heterocycles. The molecular formula is C19H20N2OS. The maximum Gasteiger partial charge on any atom is 0.145 e. The molecule has 0 amide bonds. The molecule has 2 N–H and O–H groups in total. The molecule has 2 aliphatic rings. The lowest BCUT2D eigenvalue weighted by Gasteiger charge is -2.35. The largest absolute Gasteiger partial charge is 0.375 e. The summed E-state index contributed by atoms with van der Waals surface area (Å²) >= 11 is 1.67. The van der Waals surface area contributed by atoms with E-state index < -0.39 is 0 Å². The van der Waals surface area contributed by atoms with E-state index in [-0.39, 0.29) is 17.4 Å². The number of allylic oxidation sites excluding steroid dienone is 1. The average Bonchev–Trinajstić information content (AvgIpc) is 2.95. The van der Waals surface area contributed by atoms with E-state index in [1.54, 1.807) is 11.3 Å². The Hall–Kier alpha value is -2.07. The fourth-order valence-corrected chi connectivity index (χ4v) is 4.32. The first kappa shape index (κ1) is 14.5. The van der Waals surface area contributed by atoms with E-state index in [1.807, 2.05) is 12.1 Å². The third kappa shape index (κ3) is 2.57. The normalized spacial score (nSPS) is 25.3. The van der Waals surface area contributed by atoms with Gasteiger partial charge in [-0.05, 0) is 39.9 Å². The van der Waals surface area contributed by atoms with E-state index in [4.69, 9.17) is 0 Å². The van der Waals surface area contributed by atoms with Gasteiger partial charge in [-0.15, -0.1) is 0 Å². The summed E-state index contributed by atoms with van der Waals surface area (Å²) in [6, 6.07) is 10.3. The average molecular weight is 324 g/mol. The second-order valence-corrected chi connectivity index (χ2v) is 7.84. The zero-order chi connectivity index (χ0) is 16.0. The number of carbonyl (C=O) groups excluding carboxylic acids is 1. The van der Waals surface area contributed by atoms with E-state index in [9.17, 15) is 4.79 Å². The zero-order valence-corrected chi connectivity index (χ0v) is 14.1. The summed E-state index contributed by atoms with van der Waals surface area (Å²) in [6.45, 7) is 4.25. The number of rotatable bonds is 1. The smallest absolute Gasteiger partial charge is 0.145 e. The first-order valence-electron chi connectivity index (χ1n) is 7.94. The highest BCUT2D eigenvalue weighted by atomic mass is 32.1. The molecule has 0 saturated heterocycles. The second kappa shape index (κ2) is 5.24. The molecule has 2 unspecified atom stereocenters. The number of benzene rings is 1. The molecule has 2 atom stereocenters. The minimum absolute atomic E-state index is 0.0211. The molecule has 0 saturated carbocycles. The van der Waals surface area contributed by atoms with Crippen LogP contribution in [0.1, 0.15) is 31.9 Å². The van der Waals surface area contributed by atoms with Gasteiger partial charge in [0.15, 0.2) is 0 Å². The maximum atomic E-state index is 12.9. The summed E-state index contributed by atoms with van der Waals surface area (Å²) < 4.78 is 0. The van der Waals surface area contributed by atoms with Crippen molar-refractivity contribution in [3.8, 4) is 0 Å². The minimum atomic E-state index is -0.162. The van der Waals surface area contributed by atoms with E-state index in [1.165, 1.54) is 5.56 Å². The predicted molar refractivity (Wildman–Crippen MR) is 95.7 cm³/mol. The first-order chi connectivity index (χ1) is 11.0. The lowest BCUT2D eigenvalue weighted by atomic mass is 9.73. The number of carbonyl (C=O) groups is 1. The Morgan fingerprint density at radius 2 is 1.96 bits per heavy atom. The number of ketones is 1. The molecule has 4 rings (SSSR count). The summed E-state index contributed by atoms with van der Waals surface area (Å²) in [5.74, 6) is 0.140. The van der Waals surface area contributed by atoms with Gasteiger partial charge in [0.2, 0.25) is 0 Å². The topological polar surface area (TPSA) is 41.1 Å². The molecule has 0 spiro atoms. The van der Waals surface area contributed by atoms with Crippen molar-refractivity contribution in [2.75, 3.05) is 10.6 Å². The van der Waals surface area contributed by atoms with Crippen molar-refractivity contribution in [1.29, 1.82) is 0 Å². The lowest BCUT2D eigenvalue weighted by Crippen LogP contribution is -2.36. The van der Waals surface area contributed by atoms with Gasteiger partial charge in [-0.1, -0.05) is 32.1 Å². The number of para-hydroxylation sites is 2. The van der Waals surface area contributed by atoms with Gasteiger partial charge in [-0.2, -0.15) is 11.3 Å². The van der Waals surface area contributed by atoms with Crippen LogP contribution in [0.5, 0.6) is 0 Å². The molecule has 4 heteroatoms. The summed E-state index contributed by atoms with van der Waals surface area (Å²) in [5, 5.41) is 11.3. The molecule has 118 valence electrons. The van der Waals surface area contributed by atoms with Crippen LogP contribution in [-0.4, -0.2) is 5.78 Å². The zero-order valence-electron chi connectivity index (χ0n) is 13.3. The van der Waals surface area contributed by atoms with E-state index in [0.717, 1.165) is 17.1 Å². The van der Waals surface area contributed by atoms with Crippen LogP contribution in [0.15, 0.2) is 52.9 Å². The highest BCUT2D eigenvalue weighted by molar-refractivity contribution is 7.08. The molecule has 1 aromatic carbocycles. The number of hydrogen-bond donors (Lipinski definition) is 2. The van der Waals surface area contributed by atoms with Crippen molar-refractivity contribution in [2.24, 2.45) is 11.3 Å². The highest BCUT2D eigenvalue weighted by Crippen LogP contribution is 2.45. The molecule has 0 radical (unpaired) electrons.